The summed E-state index contributed by atoms with van der Waals surface area (Å²) in [5.74, 6) is -0.363. The Morgan fingerprint density at radius 3 is 2.84 bits per heavy atom. The van der Waals surface area contributed by atoms with Gasteiger partial charge in [0, 0.05) is 12.6 Å². The fraction of sp³-hybridized carbons (Fsp3) is 0.636. The summed E-state index contributed by atoms with van der Waals surface area (Å²) in [6, 6.07) is 0.151. The Morgan fingerprint density at radius 2 is 2.26 bits per heavy atom. The van der Waals surface area contributed by atoms with Crippen LogP contribution < -0.4 is 5.14 Å². The van der Waals surface area contributed by atoms with E-state index in [-0.39, 0.29) is 28.2 Å². The Hall–Kier alpha value is -1.41. The van der Waals surface area contributed by atoms with Crippen LogP contribution in [0.2, 0.25) is 0 Å². The Bertz CT molecular complexity index is 593. The standard InChI is InChI=1S/C11H18N4O3S/c1-3-8-5-4-6-15(8)11(16)9-10(19(12,17)18)7(2)13-14-9/h8H,3-6H2,1-2H3,(H,13,14)(H2,12,17,18). The van der Waals surface area contributed by atoms with Gasteiger partial charge in [0.25, 0.3) is 5.91 Å². The summed E-state index contributed by atoms with van der Waals surface area (Å²) >= 11 is 0. The van der Waals surface area contributed by atoms with E-state index in [0.29, 0.717) is 6.54 Å². The van der Waals surface area contributed by atoms with Gasteiger partial charge in [-0.3, -0.25) is 9.89 Å². The molecule has 1 saturated heterocycles. The minimum atomic E-state index is -3.96. The van der Waals surface area contributed by atoms with Crippen LogP contribution in [0.3, 0.4) is 0 Å². The zero-order chi connectivity index (χ0) is 14.2. The van der Waals surface area contributed by atoms with Gasteiger partial charge in [-0.1, -0.05) is 6.92 Å². The van der Waals surface area contributed by atoms with Crippen LogP contribution >= 0.6 is 0 Å². The molecule has 0 aromatic carbocycles. The molecule has 19 heavy (non-hydrogen) atoms. The Balaban J connectivity index is 2.40. The zero-order valence-electron chi connectivity index (χ0n) is 11.0. The Morgan fingerprint density at radius 1 is 1.58 bits per heavy atom. The first-order valence-electron chi connectivity index (χ1n) is 6.25. The van der Waals surface area contributed by atoms with Gasteiger partial charge in [0.2, 0.25) is 10.0 Å². The summed E-state index contributed by atoms with van der Waals surface area (Å²) in [4.78, 5) is 13.9. The van der Waals surface area contributed by atoms with Crippen molar-refractivity contribution in [3.63, 3.8) is 0 Å². The Labute approximate surface area is 112 Å². The number of aromatic amines is 1. The molecule has 1 unspecified atom stereocenters. The molecule has 7 nitrogen and oxygen atoms in total. The average Bonchev–Trinajstić information content (AvgIpc) is 2.92. The van der Waals surface area contributed by atoms with E-state index in [1.165, 1.54) is 6.92 Å². The van der Waals surface area contributed by atoms with Crippen LogP contribution in [0.1, 0.15) is 42.4 Å². The maximum atomic E-state index is 12.4. The predicted molar refractivity (Wildman–Crippen MR) is 69.0 cm³/mol. The molecule has 1 aromatic heterocycles. The van der Waals surface area contributed by atoms with Crippen molar-refractivity contribution in [1.82, 2.24) is 15.1 Å². The summed E-state index contributed by atoms with van der Waals surface area (Å²) in [6.07, 6.45) is 2.72. The zero-order valence-corrected chi connectivity index (χ0v) is 11.8. The summed E-state index contributed by atoms with van der Waals surface area (Å²) in [5, 5.41) is 11.5. The number of aryl methyl sites for hydroxylation is 1. The van der Waals surface area contributed by atoms with Crippen molar-refractivity contribution >= 4 is 15.9 Å². The molecule has 1 aliphatic heterocycles. The van der Waals surface area contributed by atoms with Crippen LogP contribution in [-0.2, 0) is 10.0 Å². The number of carbonyl (C=O) groups excluding carboxylic acids is 1. The van der Waals surface area contributed by atoms with Crippen molar-refractivity contribution in [2.45, 2.75) is 44.0 Å². The second-order valence-corrected chi connectivity index (χ2v) is 6.27. The van der Waals surface area contributed by atoms with Crippen molar-refractivity contribution in [2.75, 3.05) is 6.54 Å². The third-order valence-electron chi connectivity index (χ3n) is 3.49. The summed E-state index contributed by atoms with van der Waals surface area (Å²) in [5.41, 5.74) is 0.193. The highest BCUT2D eigenvalue weighted by Gasteiger charge is 2.33. The van der Waals surface area contributed by atoms with E-state index in [2.05, 4.69) is 10.2 Å². The van der Waals surface area contributed by atoms with Crippen LogP contribution in [0.15, 0.2) is 4.90 Å². The first kappa shape index (κ1) is 14.0. The van der Waals surface area contributed by atoms with Crippen molar-refractivity contribution in [1.29, 1.82) is 0 Å². The third kappa shape index (κ3) is 2.50. The normalized spacial score (nSPS) is 19.9. The third-order valence-corrected chi connectivity index (χ3v) is 4.56. The van der Waals surface area contributed by atoms with Crippen molar-refractivity contribution in [2.24, 2.45) is 5.14 Å². The van der Waals surface area contributed by atoms with E-state index < -0.39 is 10.0 Å². The lowest BCUT2D eigenvalue weighted by Gasteiger charge is -2.22. The lowest BCUT2D eigenvalue weighted by molar-refractivity contribution is 0.0723. The molecule has 2 rings (SSSR count). The van der Waals surface area contributed by atoms with E-state index in [4.69, 9.17) is 5.14 Å². The number of sulfonamides is 1. The minimum absolute atomic E-state index is 0.0969. The molecular formula is C11H18N4O3S. The van der Waals surface area contributed by atoms with Crippen LogP contribution in [0.25, 0.3) is 0 Å². The lowest BCUT2D eigenvalue weighted by atomic mass is 10.1. The molecule has 3 N–H and O–H groups in total. The minimum Gasteiger partial charge on any atom is -0.334 e. The highest BCUT2D eigenvalue weighted by Crippen LogP contribution is 2.24. The van der Waals surface area contributed by atoms with Crippen LogP contribution in [0, 0.1) is 6.92 Å². The number of aromatic nitrogens is 2. The Kier molecular flexibility index (Phi) is 3.64. The molecule has 0 radical (unpaired) electrons. The van der Waals surface area contributed by atoms with Crippen molar-refractivity contribution in [3.8, 4) is 0 Å². The maximum Gasteiger partial charge on any atom is 0.276 e. The van der Waals surface area contributed by atoms with Gasteiger partial charge in [-0.05, 0) is 26.2 Å². The molecule has 0 saturated carbocycles. The van der Waals surface area contributed by atoms with Gasteiger partial charge in [0.05, 0.1) is 5.69 Å². The van der Waals surface area contributed by atoms with Gasteiger partial charge in [-0.25, -0.2) is 13.6 Å². The number of hydrogen-bond donors (Lipinski definition) is 2. The van der Waals surface area contributed by atoms with E-state index in [0.717, 1.165) is 19.3 Å². The molecule has 1 atom stereocenters. The molecule has 0 bridgehead atoms. The van der Waals surface area contributed by atoms with Crippen molar-refractivity contribution in [3.05, 3.63) is 11.4 Å². The molecule has 2 heterocycles. The number of nitrogens with zero attached hydrogens (tertiary/aromatic N) is 2. The predicted octanol–water partition coefficient (Wildman–Crippen LogP) is 0.380. The SMILES string of the molecule is CCC1CCCN1C(=O)c1n[nH]c(C)c1S(N)(=O)=O. The smallest absolute Gasteiger partial charge is 0.276 e. The van der Waals surface area contributed by atoms with Gasteiger partial charge in [-0.2, -0.15) is 5.10 Å². The monoisotopic (exact) mass is 286 g/mol. The first-order chi connectivity index (χ1) is 8.86. The fourth-order valence-electron chi connectivity index (χ4n) is 2.58. The molecule has 0 spiro atoms. The second-order valence-electron chi connectivity index (χ2n) is 4.77. The number of nitrogens with one attached hydrogen (secondary N) is 1. The topological polar surface area (TPSA) is 109 Å². The number of amides is 1. The second kappa shape index (κ2) is 4.93. The highest BCUT2D eigenvalue weighted by molar-refractivity contribution is 7.89. The molecule has 1 aromatic rings. The number of rotatable bonds is 3. The largest absolute Gasteiger partial charge is 0.334 e. The van der Waals surface area contributed by atoms with Gasteiger partial charge in [0.15, 0.2) is 5.69 Å². The maximum absolute atomic E-state index is 12.4. The van der Waals surface area contributed by atoms with Crippen LogP contribution in [0.5, 0.6) is 0 Å². The summed E-state index contributed by atoms with van der Waals surface area (Å²) in [7, 11) is -3.96. The first-order valence-corrected chi connectivity index (χ1v) is 7.79. The molecule has 106 valence electrons. The van der Waals surface area contributed by atoms with E-state index in [1.807, 2.05) is 6.92 Å². The molecular weight excluding hydrogens is 268 g/mol. The van der Waals surface area contributed by atoms with Gasteiger partial charge in [0.1, 0.15) is 4.90 Å². The quantitative estimate of drug-likeness (QED) is 0.837. The number of carbonyl (C=O) groups is 1. The summed E-state index contributed by atoms with van der Waals surface area (Å²) in [6.45, 7) is 4.17. The average molecular weight is 286 g/mol. The molecule has 1 amide bonds. The summed E-state index contributed by atoms with van der Waals surface area (Å²) < 4.78 is 23.1. The van der Waals surface area contributed by atoms with Gasteiger partial charge < -0.3 is 4.90 Å². The number of likely N-dealkylation sites (tertiary alicyclic amines) is 1. The lowest BCUT2D eigenvalue weighted by Crippen LogP contribution is -2.36. The highest BCUT2D eigenvalue weighted by atomic mass is 32.2. The molecule has 1 aliphatic rings. The number of hydrogen-bond acceptors (Lipinski definition) is 4. The number of H-pyrrole nitrogens is 1. The van der Waals surface area contributed by atoms with E-state index >= 15 is 0 Å². The van der Waals surface area contributed by atoms with E-state index in [9.17, 15) is 13.2 Å². The van der Waals surface area contributed by atoms with Crippen molar-refractivity contribution < 1.29 is 13.2 Å². The molecule has 1 fully saturated rings. The molecule has 0 aliphatic carbocycles. The molecule has 8 heteroatoms. The number of nitrogens with two attached hydrogens (primary N) is 1. The number of primary sulfonamides is 1. The van der Waals surface area contributed by atoms with Gasteiger partial charge in [-0.15, -0.1) is 0 Å². The van der Waals surface area contributed by atoms with Crippen LogP contribution in [-0.4, -0.2) is 42.0 Å². The van der Waals surface area contributed by atoms with E-state index in [1.54, 1.807) is 4.90 Å². The fourth-order valence-corrected chi connectivity index (χ4v) is 3.45. The van der Waals surface area contributed by atoms with Gasteiger partial charge >= 0.3 is 0 Å². The van der Waals surface area contributed by atoms with Crippen LogP contribution in [0.4, 0.5) is 0 Å².